The van der Waals surface area contributed by atoms with Gasteiger partial charge in [-0.05, 0) is 45.2 Å². The van der Waals surface area contributed by atoms with Crippen molar-refractivity contribution in [3.63, 3.8) is 0 Å². The average Bonchev–Trinajstić information content (AvgIpc) is 2.39. The number of nitrogens with zero attached hydrogens (tertiary/aromatic N) is 2. The van der Waals surface area contributed by atoms with Crippen molar-refractivity contribution in [2.45, 2.75) is 39.7 Å². The highest BCUT2D eigenvalue weighted by atomic mass is 15.3. The van der Waals surface area contributed by atoms with Crippen molar-refractivity contribution < 1.29 is 4.58 Å². The summed E-state index contributed by atoms with van der Waals surface area (Å²) in [6.45, 7) is 8.46. The minimum Gasteiger partial charge on any atom is -0.290 e. The maximum absolute atomic E-state index is 6.39. The van der Waals surface area contributed by atoms with Gasteiger partial charge in [0, 0.05) is 0 Å². The fourth-order valence-corrected chi connectivity index (χ4v) is 2.74. The highest BCUT2D eigenvalue weighted by Crippen LogP contribution is 2.29. The maximum atomic E-state index is 6.39. The molecule has 0 unspecified atom stereocenters. The third kappa shape index (κ3) is 2.22. The predicted octanol–water partition coefficient (Wildman–Crippen LogP) is 2.19. The first kappa shape index (κ1) is 12.9. The van der Waals surface area contributed by atoms with Crippen molar-refractivity contribution in [1.82, 2.24) is 0 Å². The summed E-state index contributed by atoms with van der Waals surface area (Å²) >= 11 is 0. The Kier molecular flexibility index (Phi) is 3.90. The highest BCUT2D eigenvalue weighted by Gasteiger charge is 2.31. The standard InChI is InChI=1S/C15H23N3/c1-4-17(5-2)15(16)18-12(3)10-11-13-8-6-7-9-14(13)18/h6-9,12,16H,4-5,10-11H2,1-3H3/p+1/t12-/m1/s1. The van der Waals surface area contributed by atoms with E-state index in [1.54, 1.807) is 0 Å². The molecule has 0 radical (unpaired) electrons. The monoisotopic (exact) mass is 246 g/mol. The molecule has 1 aliphatic heterocycles. The minimum atomic E-state index is 0.473. The summed E-state index contributed by atoms with van der Waals surface area (Å²) < 4.78 is 2.22. The Morgan fingerprint density at radius 3 is 2.67 bits per heavy atom. The number of hydrogen-bond acceptors (Lipinski definition) is 0. The van der Waals surface area contributed by atoms with E-state index in [1.807, 2.05) is 0 Å². The Labute approximate surface area is 110 Å². The zero-order valence-electron chi connectivity index (χ0n) is 11.7. The summed E-state index contributed by atoms with van der Waals surface area (Å²) in [5.41, 5.74) is 9.07. The molecule has 0 aromatic heterocycles. The van der Waals surface area contributed by atoms with E-state index in [1.165, 1.54) is 17.7 Å². The van der Waals surface area contributed by atoms with E-state index in [9.17, 15) is 0 Å². The average molecular weight is 246 g/mol. The summed E-state index contributed by atoms with van der Waals surface area (Å²) in [5.74, 6) is 0.889. The van der Waals surface area contributed by atoms with Gasteiger partial charge in [0.1, 0.15) is 5.69 Å². The van der Waals surface area contributed by atoms with E-state index in [2.05, 4.69) is 54.5 Å². The molecule has 0 saturated carbocycles. The van der Waals surface area contributed by atoms with Crippen LogP contribution in [0.25, 0.3) is 0 Å². The SMILES string of the molecule is CC[N+](CC)=C(N)N1c2ccccc2CC[C@H]1C. The van der Waals surface area contributed by atoms with Crippen molar-refractivity contribution in [3.05, 3.63) is 29.8 Å². The predicted molar refractivity (Wildman–Crippen MR) is 77.2 cm³/mol. The topological polar surface area (TPSA) is 32.3 Å². The molecular weight excluding hydrogens is 222 g/mol. The summed E-state index contributed by atoms with van der Waals surface area (Å²) in [6.07, 6.45) is 2.32. The van der Waals surface area contributed by atoms with Crippen LogP contribution in [-0.4, -0.2) is 29.7 Å². The number of aryl methyl sites for hydroxylation is 1. The molecule has 1 atom stereocenters. The smallest absolute Gasteiger partial charge is 0.290 e. The largest absolute Gasteiger partial charge is 0.351 e. The lowest BCUT2D eigenvalue weighted by Crippen LogP contribution is -2.51. The second-order valence-corrected chi connectivity index (χ2v) is 4.92. The molecule has 0 saturated heterocycles. The van der Waals surface area contributed by atoms with Gasteiger partial charge >= 0.3 is 5.96 Å². The van der Waals surface area contributed by atoms with Crippen LogP contribution in [0, 0.1) is 0 Å². The molecule has 1 aromatic rings. The highest BCUT2D eigenvalue weighted by molar-refractivity contribution is 5.93. The molecule has 0 spiro atoms. The lowest BCUT2D eigenvalue weighted by molar-refractivity contribution is -0.522. The van der Waals surface area contributed by atoms with Crippen LogP contribution in [0.3, 0.4) is 0 Å². The summed E-state index contributed by atoms with van der Waals surface area (Å²) in [4.78, 5) is 2.30. The molecule has 18 heavy (non-hydrogen) atoms. The van der Waals surface area contributed by atoms with Gasteiger partial charge in [0.2, 0.25) is 0 Å². The second-order valence-electron chi connectivity index (χ2n) is 4.92. The number of fused-ring (bicyclic) bond motifs is 1. The van der Waals surface area contributed by atoms with Gasteiger partial charge < -0.3 is 0 Å². The number of hydrogen-bond donors (Lipinski definition) is 1. The van der Waals surface area contributed by atoms with Gasteiger partial charge in [0.25, 0.3) is 0 Å². The van der Waals surface area contributed by atoms with Crippen molar-refractivity contribution in [2.75, 3.05) is 18.0 Å². The molecule has 0 bridgehead atoms. The molecule has 1 heterocycles. The molecule has 98 valence electrons. The Hall–Kier alpha value is -1.51. The van der Waals surface area contributed by atoms with E-state index < -0.39 is 0 Å². The molecular formula is C15H24N3+. The molecule has 3 heteroatoms. The number of anilines is 1. The van der Waals surface area contributed by atoms with Crippen LogP contribution in [0.5, 0.6) is 0 Å². The lowest BCUT2D eigenvalue weighted by Gasteiger charge is -2.31. The molecule has 0 fully saturated rings. The molecule has 1 aromatic carbocycles. The van der Waals surface area contributed by atoms with Crippen LogP contribution < -0.4 is 10.6 Å². The van der Waals surface area contributed by atoms with Crippen LogP contribution >= 0.6 is 0 Å². The molecule has 0 aliphatic carbocycles. The summed E-state index contributed by atoms with van der Waals surface area (Å²) in [6, 6.07) is 9.07. The first-order valence-corrected chi connectivity index (χ1v) is 6.93. The van der Waals surface area contributed by atoms with E-state index in [0.29, 0.717) is 6.04 Å². The van der Waals surface area contributed by atoms with E-state index in [4.69, 9.17) is 5.73 Å². The van der Waals surface area contributed by atoms with Crippen LogP contribution in [0.2, 0.25) is 0 Å². The van der Waals surface area contributed by atoms with E-state index in [-0.39, 0.29) is 0 Å². The number of guanidine groups is 1. The maximum Gasteiger partial charge on any atom is 0.351 e. The summed E-state index contributed by atoms with van der Waals surface area (Å²) in [7, 11) is 0. The van der Waals surface area contributed by atoms with Crippen molar-refractivity contribution in [2.24, 2.45) is 5.73 Å². The molecule has 1 aliphatic rings. The number of rotatable bonds is 2. The first-order chi connectivity index (χ1) is 8.69. The van der Waals surface area contributed by atoms with Gasteiger partial charge in [0.05, 0.1) is 19.1 Å². The fourth-order valence-electron chi connectivity index (χ4n) is 2.74. The van der Waals surface area contributed by atoms with Crippen molar-refractivity contribution in [3.8, 4) is 0 Å². The molecule has 3 nitrogen and oxygen atoms in total. The zero-order chi connectivity index (χ0) is 13.1. The number of benzene rings is 1. The van der Waals surface area contributed by atoms with Crippen LogP contribution in [-0.2, 0) is 6.42 Å². The first-order valence-electron chi connectivity index (χ1n) is 6.93. The van der Waals surface area contributed by atoms with Crippen molar-refractivity contribution in [1.29, 1.82) is 0 Å². The molecule has 2 N–H and O–H groups in total. The summed E-state index contributed by atoms with van der Waals surface area (Å²) in [5, 5.41) is 0. The quantitative estimate of drug-likeness (QED) is 0.493. The Balaban J connectivity index is 2.46. The Morgan fingerprint density at radius 2 is 2.00 bits per heavy atom. The van der Waals surface area contributed by atoms with Crippen molar-refractivity contribution >= 4 is 11.6 Å². The number of para-hydroxylation sites is 1. The van der Waals surface area contributed by atoms with Gasteiger partial charge in [-0.15, -0.1) is 0 Å². The Morgan fingerprint density at radius 1 is 1.33 bits per heavy atom. The number of nitrogens with two attached hydrogens (primary N) is 1. The minimum absolute atomic E-state index is 0.473. The van der Waals surface area contributed by atoms with Crippen LogP contribution in [0.4, 0.5) is 5.69 Å². The molecule has 2 rings (SSSR count). The van der Waals surface area contributed by atoms with Gasteiger partial charge in [-0.2, -0.15) is 0 Å². The second kappa shape index (κ2) is 5.42. The van der Waals surface area contributed by atoms with Crippen LogP contribution in [0.15, 0.2) is 24.3 Å². The van der Waals surface area contributed by atoms with Gasteiger partial charge in [0.15, 0.2) is 0 Å². The lowest BCUT2D eigenvalue weighted by atomic mass is 9.97. The third-order valence-electron chi connectivity index (χ3n) is 3.86. The van der Waals surface area contributed by atoms with Gasteiger partial charge in [-0.3, -0.25) is 10.3 Å². The molecule has 0 amide bonds. The van der Waals surface area contributed by atoms with Crippen LogP contribution in [0.1, 0.15) is 32.8 Å². The third-order valence-corrected chi connectivity index (χ3v) is 3.86. The van der Waals surface area contributed by atoms with E-state index >= 15 is 0 Å². The van der Waals surface area contributed by atoms with Gasteiger partial charge in [-0.25, -0.2) is 4.90 Å². The normalized spacial score (nSPS) is 18.4. The zero-order valence-corrected chi connectivity index (χ0v) is 11.7. The Bertz CT molecular complexity index is 445. The van der Waals surface area contributed by atoms with E-state index in [0.717, 1.165) is 25.5 Å². The fraction of sp³-hybridized carbons (Fsp3) is 0.533. The van der Waals surface area contributed by atoms with Gasteiger partial charge in [-0.1, -0.05) is 18.2 Å².